The van der Waals surface area contributed by atoms with Crippen LogP contribution in [0.1, 0.15) is 11.6 Å². The average molecular weight is 341 g/mol. The van der Waals surface area contributed by atoms with Gasteiger partial charge in [0.1, 0.15) is 11.8 Å². The molecule has 1 unspecified atom stereocenters. The molecule has 8 heteroatoms. The fraction of sp³-hybridized carbons (Fsp3) is 0.364. The number of carbonyl (C=O) groups excluding carboxylic acids is 1. The van der Waals surface area contributed by atoms with Crippen LogP contribution in [0.25, 0.3) is 0 Å². The third kappa shape index (κ3) is 4.71. The lowest BCUT2D eigenvalue weighted by molar-refractivity contribution is -0.130. The van der Waals surface area contributed by atoms with Gasteiger partial charge in [0.05, 0.1) is 13.7 Å². The van der Waals surface area contributed by atoms with Crippen LogP contribution in [-0.2, 0) is 4.79 Å². The van der Waals surface area contributed by atoms with E-state index in [4.69, 9.17) is 10.5 Å². The smallest absolute Gasteiger partial charge is 0.401 e. The maximum atomic E-state index is 12.2. The van der Waals surface area contributed by atoms with Crippen molar-refractivity contribution in [2.75, 3.05) is 13.7 Å². The molecule has 0 bridgehead atoms. The highest BCUT2D eigenvalue weighted by molar-refractivity contribution is 9.10. The summed E-state index contributed by atoms with van der Waals surface area (Å²) >= 11 is 3.17. The SMILES string of the molecule is COc1ccc(C(NCC(F)(F)F)C(N)=O)c(Br)c1. The van der Waals surface area contributed by atoms with Crippen LogP contribution in [0.4, 0.5) is 13.2 Å². The molecule has 0 radical (unpaired) electrons. The first kappa shape index (κ1) is 15.8. The normalized spacial score (nSPS) is 13.1. The van der Waals surface area contributed by atoms with Crippen LogP contribution >= 0.6 is 15.9 Å². The number of nitrogens with two attached hydrogens (primary N) is 1. The van der Waals surface area contributed by atoms with Crippen LogP contribution in [0.2, 0.25) is 0 Å². The van der Waals surface area contributed by atoms with Gasteiger partial charge in [-0.3, -0.25) is 10.1 Å². The second kappa shape index (κ2) is 6.25. The molecule has 1 aromatic rings. The third-order valence-electron chi connectivity index (χ3n) is 2.31. The van der Waals surface area contributed by atoms with Gasteiger partial charge < -0.3 is 10.5 Å². The molecule has 4 nitrogen and oxygen atoms in total. The molecule has 1 amide bonds. The van der Waals surface area contributed by atoms with E-state index in [1.165, 1.54) is 19.2 Å². The number of hydrogen-bond acceptors (Lipinski definition) is 3. The highest BCUT2D eigenvalue weighted by Gasteiger charge is 2.30. The molecule has 0 saturated heterocycles. The summed E-state index contributed by atoms with van der Waals surface area (Å²) in [5.41, 5.74) is 5.43. The molecular formula is C11H12BrF3N2O2. The summed E-state index contributed by atoms with van der Waals surface area (Å²) in [5.74, 6) is -0.384. The zero-order chi connectivity index (χ0) is 14.6. The lowest BCUT2D eigenvalue weighted by atomic mass is 10.1. The van der Waals surface area contributed by atoms with Gasteiger partial charge in [0.2, 0.25) is 5.91 Å². The van der Waals surface area contributed by atoms with Gasteiger partial charge in [0.25, 0.3) is 0 Å². The highest BCUT2D eigenvalue weighted by atomic mass is 79.9. The first-order valence-corrected chi connectivity index (χ1v) is 5.97. The Morgan fingerprint density at radius 2 is 2.16 bits per heavy atom. The van der Waals surface area contributed by atoms with Gasteiger partial charge in [-0.25, -0.2) is 0 Å². The molecule has 1 rings (SSSR count). The van der Waals surface area contributed by atoms with Crippen molar-refractivity contribution < 1.29 is 22.7 Å². The number of carbonyl (C=O) groups is 1. The van der Waals surface area contributed by atoms with E-state index in [9.17, 15) is 18.0 Å². The molecule has 0 fully saturated rings. The van der Waals surface area contributed by atoms with Crippen molar-refractivity contribution in [1.82, 2.24) is 5.32 Å². The Morgan fingerprint density at radius 1 is 1.53 bits per heavy atom. The van der Waals surface area contributed by atoms with E-state index in [0.29, 0.717) is 15.8 Å². The van der Waals surface area contributed by atoms with Gasteiger partial charge in [0, 0.05) is 4.47 Å². The minimum atomic E-state index is -4.42. The molecule has 0 aliphatic carbocycles. The van der Waals surface area contributed by atoms with Crippen molar-refractivity contribution >= 4 is 21.8 Å². The number of alkyl halides is 3. The fourth-order valence-corrected chi connectivity index (χ4v) is 2.04. The quantitative estimate of drug-likeness (QED) is 0.863. The predicted molar refractivity (Wildman–Crippen MR) is 66.7 cm³/mol. The summed E-state index contributed by atoms with van der Waals surface area (Å²) in [6.45, 7) is -1.31. The third-order valence-corrected chi connectivity index (χ3v) is 3.00. The maximum Gasteiger partial charge on any atom is 0.401 e. The zero-order valence-corrected chi connectivity index (χ0v) is 11.5. The van der Waals surface area contributed by atoms with Crippen molar-refractivity contribution in [3.63, 3.8) is 0 Å². The van der Waals surface area contributed by atoms with E-state index in [1.807, 2.05) is 0 Å². The van der Waals surface area contributed by atoms with Crippen molar-refractivity contribution in [1.29, 1.82) is 0 Å². The van der Waals surface area contributed by atoms with Gasteiger partial charge >= 0.3 is 6.18 Å². The van der Waals surface area contributed by atoms with Crippen molar-refractivity contribution in [3.8, 4) is 5.75 Å². The second-order valence-corrected chi connectivity index (χ2v) is 4.57. The molecule has 1 atom stereocenters. The molecule has 0 spiro atoms. The Bertz CT molecular complexity index is 466. The van der Waals surface area contributed by atoms with Crippen molar-refractivity contribution in [3.05, 3.63) is 28.2 Å². The monoisotopic (exact) mass is 340 g/mol. The number of primary amides is 1. The molecule has 19 heavy (non-hydrogen) atoms. The summed E-state index contributed by atoms with van der Waals surface area (Å²) in [6.07, 6.45) is -4.42. The summed E-state index contributed by atoms with van der Waals surface area (Å²) in [5, 5.41) is 2.08. The highest BCUT2D eigenvalue weighted by Crippen LogP contribution is 2.28. The molecule has 0 heterocycles. The van der Waals surface area contributed by atoms with Crippen LogP contribution in [0.5, 0.6) is 5.75 Å². The number of methoxy groups -OCH3 is 1. The van der Waals surface area contributed by atoms with Gasteiger partial charge in [0.15, 0.2) is 0 Å². The number of halogens is 4. The molecule has 0 aromatic heterocycles. The Morgan fingerprint density at radius 3 is 2.58 bits per heavy atom. The van der Waals surface area contributed by atoms with Crippen molar-refractivity contribution in [2.45, 2.75) is 12.2 Å². The van der Waals surface area contributed by atoms with E-state index in [-0.39, 0.29) is 0 Å². The molecular weight excluding hydrogens is 329 g/mol. The van der Waals surface area contributed by atoms with Crippen LogP contribution in [0.3, 0.4) is 0 Å². The van der Waals surface area contributed by atoms with Crippen LogP contribution in [0.15, 0.2) is 22.7 Å². The number of ether oxygens (including phenoxy) is 1. The van der Waals surface area contributed by atoms with E-state index in [2.05, 4.69) is 21.2 Å². The lowest BCUT2D eigenvalue weighted by Crippen LogP contribution is -2.39. The van der Waals surface area contributed by atoms with Gasteiger partial charge in [-0.15, -0.1) is 0 Å². The Labute approximate surface area is 116 Å². The maximum absolute atomic E-state index is 12.2. The topological polar surface area (TPSA) is 64.3 Å². The molecule has 0 saturated carbocycles. The molecule has 0 aliphatic rings. The number of rotatable bonds is 5. The van der Waals surface area contributed by atoms with E-state index in [1.54, 1.807) is 6.07 Å². The van der Waals surface area contributed by atoms with E-state index in [0.717, 1.165) is 0 Å². The van der Waals surface area contributed by atoms with Crippen LogP contribution < -0.4 is 15.8 Å². The molecule has 3 N–H and O–H groups in total. The van der Waals surface area contributed by atoms with Crippen LogP contribution in [0, 0.1) is 0 Å². The number of amides is 1. The minimum absolute atomic E-state index is 0.317. The fourth-order valence-electron chi connectivity index (χ4n) is 1.45. The number of nitrogens with one attached hydrogen (secondary N) is 1. The largest absolute Gasteiger partial charge is 0.497 e. The summed E-state index contributed by atoms with van der Waals surface area (Å²) in [7, 11) is 1.45. The second-order valence-electron chi connectivity index (χ2n) is 3.72. The summed E-state index contributed by atoms with van der Waals surface area (Å²) < 4.78 is 41.9. The van der Waals surface area contributed by atoms with E-state index >= 15 is 0 Å². The summed E-state index contributed by atoms with van der Waals surface area (Å²) in [6, 6.07) is 3.31. The first-order chi connectivity index (χ1) is 8.74. The van der Waals surface area contributed by atoms with Gasteiger partial charge in [-0.05, 0) is 17.7 Å². The van der Waals surface area contributed by atoms with Crippen molar-refractivity contribution in [2.24, 2.45) is 5.73 Å². The minimum Gasteiger partial charge on any atom is -0.497 e. The predicted octanol–water partition coefficient (Wildman–Crippen LogP) is 2.14. The molecule has 106 valence electrons. The Balaban J connectivity index is 2.96. The first-order valence-electron chi connectivity index (χ1n) is 5.17. The lowest BCUT2D eigenvalue weighted by Gasteiger charge is -2.18. The summed E-state index contributed by atoms with van der Waals surface area (Å²) in [4.78, 5) is 11.3. The van der Waals surface area contributed by atoms with Crippen LogP contribution in [-0.4, -0.2) is 25.7 Å². The number of hydrogen-bond donors (Lipinski definition) is 2. The molecule has 1 aromatic carbocycles. The van der Waals surface area contributed by atoms with Gasteiger partial charge in [-0.2, -0.15) is 13.2 Å². The Hall–Kier alpha value is -1.28. The average Bonchev–Trinajstić information content (AvgIpc) is 2.29. The number of benzene rings is 1. The standard InChI is InChI=1S/C11H12BrF3N2O2/c1-19-6-2-3-7(8(12)4-6)9(10(16)18)17-5-11(13,14)15/h2-4,9,17H,5H2,1H3,(H2,16,18). The van der Waals surface area contributed by atoms with E-state index < -0.39 is 24.7 Å². The Kier molecular flexibility index (Phi) is 5.19. The van der Waals surface area contributed by atoms with Gasteiger partial charge in [-0.1, -0.05) is 22.0 Å². The molecule has 0 aliphatic heterocycles. The zero-order valence-electron chi connectivity index (χ0n) is 9.92.